The molecule has 1 aliphatic heterocycles. The molecule has 0 bridgehead atoms. The fourth-order valence-corrected chi connectivity index (χ4v) is 4.38. The number of rotatable bonds is 4. The Morgan fingerprint density at radius 2 is 2.10 bits per heavy atom. The lowest BCUT2D eigenvalue weighted by Crippen LogP contribution is -2.44. The van der Waals surface area contributed by atoms with E-state index in [1.54, 1.807) is 18.9 Å². The molecule has 1 aromatic heterocycles. The van der Waals surface area contributed by atoms with Gasteiger partial charge in [0.2, 0.25) is 0 Å². The van der Waals surface area contributed by atoms with E-state index in [0.717, 1.165) is 4.57 Å². The van der Waals surface area contributed by atoms with Crippen LogP contribution in [0.1, 0.15) is 5.69 Å². The lowest BCUT2D eigenvalue weighted by molar-refractivity contribution is 0.0972. The molecule has 1 saturated heterocycles. The van der Waals surface area contributed by atoms with Crippen molar-refractivity contribution in [1.82, 2.24) is 14.5 Å². The first-order valence-corrected chi connectivity index (χ1v) is 8.41. The molecule has 0 radical (unpaired) electrons. The number of likely N-dealkylation sites (N-methyl/N-ethyl adjacent to an activating group) is 1. The van der Waals surface area contributed by atoms with Crippen molar-refractivity contribution in [2.45, 2.75) is 25.6 Å². The summed E-state index contributed by atoms with van der Waals surface area (Å²) >= 11 is 0. The third-order valence-corrected chi connectivity index (χ3v) is 5.39. The fraction of sp³-hybridized carbons (Fsp3) is 0.667. The number of aliphatic hydroxyl groups excluding tert-OH is 1. The Hall–Kier alpha value is -1.45. The van der Waals surface area contributed by atoms with E-state index in [2.05, 4.69) is 4.98 Å². The zero-order valence-corrected chi connectivity index (χ0v) is 12.8. The fourth-order valence-electron chi connectivity index (χ4n) is 2.50. The highest BCUT2D eigenvalue weighted by Crippen LogP contribution is 2.17. The summed E-state index contributed by atoms with van der Waals surface area (Å²) in [5, 5.41) is 9.78. The van der Waals surface area contributed by atoms with Crippen LogP contribution in [0.5, 0.6) is 0 Å². The van der Waals surface area contributed by atoms with Crippen molar-refractivity contribution >= 4 is 9.84 Å². The summed E-state index contributed by atoms with van der Waals surface area (Å²) in [4.78, 5) is 27.7. The molecule has 1 aromatic rings. The molecule has 0 aromatic carbocycles. The summed E-state index contributed by atoms with van der Waals surface area (Å²) in [6.45, 7) is 2.05. The van der Waals surface area contributed by atoms with Gasteiger partial charge in [0, 0.05) is 24.8 Å². The second-order valence-electron chi connectivity index (χ2n) is 5.44. The molecule has 0 saturated carbocycles. The Kier molecular flexibility index (Phi) is 4.35. The van der Waals surface area contributed by atoms with Crippen LogP contribution in [0.2, 0.25) is 0 Å². The maximum atomic E-state index is 11.7. The van der Waals surface area contributed by atoms with E-state index in [9.17, 15) is 23.1 Å². The number of aliphatic hydroxyl groups is 1. The molecule has 0 aliphatic carbocycles. The first kappa shape index (κ1) is 15.9. The third-order valence-electron chi connectivity index (χ3n) is 3.69. The van der Waals surface area contributed by atoms with Crippen LogP contribution in [0.25, 0.3) is 0 Å². The molecule has 0 amide bonds. The van der Waals surface area contributed by atoms with Crippen LogP contribution in [0.4, 0.5) is 0 Å². The van der Waals surface area contributed by atoms with Gasteiger partial charge in [-0.1, -0.05) is 0 Å². The van der Waals surface area contributed by atoms with Gasteiger partial charge in [0.25, 0.3) is 5.56 Å². The third kappa shape index (κ3) is 3.60. The second-order valence-corrected chi connectivity index (χ2v) is 7.59. The van der Waals surface area contributed by atoms with Gasteiger partial charge in [0.1, 0.15) is 0 Å². The molecular formula is C12H19N3O5S. The number of aryl methyl sites for hydroxylation is 1. The van der Waals surface area contributed by atoms with Gasteiger partial charge in [-0.15, -0.1) is 0 Å². The van der Waals surface area contributed by atoms with Crippen molar-refractivity contribution in [2.75, 3.05) is 25.1 Å². The van der Waals surface area contributed by atoms with Crippen LogP contribution in [0.3, 0.4) is 0 Å². The molecule has 2 atom stereocenters. The maximum Gasteiger partial charge on any atom is 0.328 e. The Labute approximate surface area is 121 Å². The van der Waals surface area contributed by atoms with Gasteiger partial charge in [0.15, 0.2) is 9.84 Å². The summed E-state index contributed by atoms with van der Waals surface area (Å²) in [5.41, 5.74) is -0.399. The SMILES string of the molecule is Cc1cc(=O)n(CCN(C)[C@@H]2CS(=O)(=O)C[C@H]2O)c(=O)[nH]1. The van der Waals surface area contributed by atoms with Gasteiger partial charge in [-0.2, -0.15) is 0 Å². The van der Waals surface area contributed by atoms with E-state index in [-0.39, 0.29) is 18.1 Å². The topological polar surface area (TPSA) is 112 Å². The highest BCUT2D eigenvalue weighted by atomic mass is 32.2. The molecule has 0 spiro atoms. The van der Waals surface area contributed by atoms with E-state index in [1.165, 1.54) is 6.07 Å². The van der Waals surface area contributed by atoms with Gasteiger partial charge >= 0.3 is 5.69 Å². The Bertz CT molecular complexity index is 705. The van der Waals surface area contributed by atoms with E-state index in [4.69, 9.17) is 0 Å². The summed E-state index contributed by atoms with van der Waals surface area (Å²) in [6.07, 6.45) is -0.937. The van der Waals surface area contributed by atoms with E-state index >= 15 is 0 Å². The molecule has 8 nitrogen and oxygen atoms in total. The summed E-state index contributed by atoms with van der Waals surface area (Å²) in [6, 6.07) is 0.825. The number of hydrogen-bond donors (Lipinski definition) is 2. The molecule has 0 unspecified atom stereocenters. The number of hydrogen-bond acceptors (Lipinski definition) is 6. The van der Waals surface area contributed by atoms with E-state index < -0.39 is 33.2 Å². The van der Waals surface area contributed by atoms with E-state index in [1.807, 2.05) is 0 Å². The van der Waals surface area contributed by atoms with Crippen LogP contribution in [0, 0.1) is 6.92 Å². The first-order chi connectivity index (χ1) is 9.69. The van der Waals surface area contributed by atoms with Crippen molar-refractivity contribution in [2.24, 2.45) is 0 Å². The average molecular weight is 317 g/mol. The molecule has 118 valence electrons. The van der Waals surface area contributed by atoms with Gasteiger partial charge in [-0.3, -0.25) is 14.3 Å². The number of nitrogens with zero attached hydrogens (tertiary/aromatic N) is 2. The summed E-state index contributed by atoms with van der Waals surface area (Å²) in [7, 11) is -1.55. The Balaban J connectivity index is 2.07. The molecule has 1 aliphatic rings. The van der Waals surface area contributed by atoms with Crippen molar-refractivity contribution in [3.8, 4) is 0 Å². The summed E-state index contributed by atoms with van der Waals surface area (Å²) in [5.74, 6) is -0.350. The Morgan fingerprint density at radius 3 is 2.62 bits per heavy atom. The van der Waals surface area contributed by atoms with Crippen molar-refractivity contribution < 1.29 is 13.5 Å². The highest BCUT2D eigenvalue weighted by molar-refractivity contribution is 7.91. The largest absolute Gasteiger partial charge is 0.390 e. The average Bonchev–Trinajstić information content (AvgIpc) is 2.61. The quantitative estimate of drug-likeness (QED) is 0.660. The van der Waals surface area contributed by atoms with Gasteiger partial charge in [-0.25, -0.2) is 13.2 Å². The minimum atomic E-state index is -3.22. The maximum absolute atomic E-state index is 11.7. The normalized spacial score (nSPS) is 24.6. The minimum Gasteiger partial charge on any atom is -0.390 e. The number of H-pyrrole nitrogens is 1. The van der Waals surface area contributed by atoms with Crippen molar-refractivity contribution in [3.63, 3.8) is 0 Å². The molecule has 9 heteroatoms. The zero-order valence-electron chi connectivity index (χ0n) is 11.9. The molecule has 21 heavy (non-hydrogen) atoms. The monoisotopic (exact) mass is 317 g/mol. The summed E-state index contributed by atoms with van der Waals surface area (Å²) < 4.78 is 24.0. The van der Waals surface area contributed by atoms with Crippen LogP contribution in [0.15, 0.2) is 15.7 Å². The lowest BCUT2D eigenvalue weighted by atomic mass is 10.2. The van der Waals surface area contributed by atoms with Crippen molar-refractivity contribution in [3.05, 3.63) is 32.6 Å². The smallest absolute Gasteiger partial charge is 0.328 e. The lowest BCUT2D eigenvalue weighted by Gasteiger charge is -2.25. The molecule has 2 N–H and O–H groups in total. The second kappa shape index (κ2) is 5.74. The van der Waals surface area contributed by atoms with Crippen LogP contribution < -0.4 is 11.2 Å². The number of aromatic nitrogens is 2. The van der Waals surface area contributed by atoms with Crippen LogP contribution >= 0.6 is 0 Å². The van der Waals surface area contributed by atoms with Gasteiger partial charge < -0.3 is 10.1 Å². The molecule has 1 fully saturated rings. The van der Waals surface area contributed by atoms with Gasteiger partial charge in [0.05, 0.1) is 23.7 Å². The van der Waals surface area contributed by atoms with Crippen LogP contribution in [-0.4, -0.2) is 65.2 Å². The highest BCUT2D eigenvalue weighted by Gasteiger charge is 2.38. The van der Waals surface area contributed by atoms with Crippen LogP contribution in [-0.2, 0) is 16.4 Å². The van der Waals surface area contributed by atoms with E-state index in [0.29, 0.717) is 12.2 Å². The Morgan fingerprint density at radius 1 is 1.43 bits per heavy atom. The standard InChI is InChI=1S/C12H19N3O5S/c1-8-5-11(17)15(12(18)13-8)4-3-14(2)9-6-21(19,20)7-10(9)16/h5,9-10,16H,3-4,6-7H2,1-2H3,(H,13,18)/t9-,10-/m1/s1. The number of sulfone groups is 1. The molecule has 2 rings (SSSR count). The number of aromatic amines is 1. The molecule has 2 heterocycles. The predicted octanol–water partition coefficient (Wildman–Crippen LogP) is -2.07. The molecular weight excluding hydrogens is 298 g/mol. The first-order valence-electron chi connectivity index (χ1n) is 6.59. The zero-order chi connectivity index (χ0) is 15.8. The van der Waals surface area contributed by atoms with Crippen molar-refractivity contribution in [1.29, 1.82) is 0 Å². The van der Waals surface area contributed by atoms with Gasteiger partial charge in [-0.05, 0) is 14.0 Å². The predicted molar refractivity (Wildman–Crippen MR) is 77.1 cm³/mol. The number of nitrogens with one attached hydrogen (secondary N) is 1. The minimum absolute atomic E-state index is 0.107.